The van der Waals surface area contributed by atoms with Crippen LogP contribution in [-0.2, 0) is 12.6 Å². The first-order valence-corrected chi connectivity index (χ1v) is 8.76. The molecule has 4 rings (SSSR count). The Balaban J connectivity index is 1.77. The number of rotatable bonds is 3. The number of aryl methyl sites for hydroxylation is 1. The van der Waals surface area contributed by atoms with Gasteiger partial charge in [-0.3, -0.25) is 0 Å². The van der Waals surface area contributed by atoms with Crippen LogP contribution in [0.25, 0.3) is 11.0 Å². The molecule has 5 nitrogen and oxygen atoms in total. The van der Waals surface area contributed by atoms with Crippen LogP contribution in [0.4, 0.5) is 19.0 Å². The van der Waals surface area contributed by atoms with Crippen LogP contribution in [0.3, 0.4) is 0 Å². The van der Waals surface area contributed by atoms with Gasteiger partial charge in [0.15, 0.2) is 0 Å². The van der Waals surface area contributed by atoms with E-state index in [2.05, 4.69) is 37.3 Å². The SMILES string of the molecule is CN(C)[C@H]1CCc2ccccc2[C@@H]1Nc1ncnc2[nH]c(C(F)(F)F)cc12. The van der Waals surface area contributed by atoms with E-state index in [0.717, 1.165) is 24.5 Å². The Bertz CT molecular complexity index is 963. The topological polar surface area (TPSA) is 56.8 Å². The number of likely N-dealkylation sites (N-methyl/N-ethyl adjacent to an activating group) is 1. The van der Waals surface area contributed by atoms with Crippen molar-refractivity contribution in [2.75, 3.05) is 19.4 Å². The van der Waals surface area contributed by atoms with Crippen LogP contribution in [0.5, 0.6) is 0 Å². The van der Waals surface area contributed by atoms with Crippen LogP contribution >= 0.6 is 0 Å². The van der Waals surface area contributed by atoms with Gasteiger partial charge in [0.25, 0.3) is 0 Å². The Kier molecular flexibility index (Phi) is 4.30. The minimum atomic E-state index is -4.46. The van der Waals surface area contributed by atoms with Crippen LogP contribution in [-0.4, -0.2) is 40.0 Å². The molecule has 0 amide bonds. The minimum absolute atomic E-state index is 0.0766. The number of benzene rings is 1. The summed E-state index contributed by atoms with van der Waals surface area (Å²) in [5, 5.41) is 3.73. The molecular formula is C19H20F3N5. The second-order valence-electron chi connectivity index (χ2n) is 7.06. The Morgan fingerprint density at radius 3 is 2.70 bits per heavy atom. The summed E-state index contributed by atoms with van der Waals surface area (Å²) in [6.07, 6.45) is -1.25. The van der Waals surface area contributed by atoms with Gasteiger partial charge in [0.05, 0.1) is 11.4 Å². The minimum Gasteiger partial charge on any atom is -0.361 e. The zero-order valence-corrected chi connectivity index (χ0v) is 15.0. The van der Waals surface area contributed by atoms with Crippen molar-refractivity contribution in [2.24, 2.45) is 0 Å². The molecule has 0 radical (unpaired) electrons. The van der Waals surface area contributed by atoms with Crippen molar-refractivity contribution in [3.05, 3.63) is 53.5 Å². The lowest BCUT2D eigenvalue weighted by Crippen LogP contribution is -2.41. The van der Waals surface area contributed by atoms with E-state index >= 15 is 0 Å². The molecule has 0 aliphatic heterocycles. The van der Waals surface area contributed by atoms with Gasteiger partial charge in [0.2, 0.25) is 0 Å². The van der Waals surface area contributed by atoms with Crippen LogP contribution in [0.1, 0.15) is 29.3 Å². The van der Waals surface area contributed by atoms with Crippen LogP contribution in [0, 0.1) is 0 Å². The molecule has 0 unspecified atom stereocenters. The molecule has 27 heavy (non-hydrogen) atoms. The quantitative estimate of drug-likeness (QED) is 0.726. The first-order valence-electron chi connectivity index (χ1n) is 8.76. The molecule has 3 aromatic rings. The molecule has 0 spiro atoms. The zero-order valence-electron chi connectivity index (χ0n) is 15.0. The fourth-order valence-corrected chi connectivity index (χ4v) is 3.83. The summed E-state index contributed by atoms with van der Waals surface area (Å²) in [4.78, 5) is 12.7. The standard InChI is InChI=1S/C19H20F3N5/c1-27(2)14-8-7-11-5-3-4-6-12(11)16(14)26-18-13-9-15(19(20,21)22)25-17(13)23-10-24-18/h3-6,9-10,14,16H,7-8H2,1-2H3,(H2,23,24,25,26)/t14-,16-/m0/s1. The number of hydrogen-bond acceptors (Lipinski definition) is 4. The summed E-state index contributed by atoms with van der Waals surface area (Å²) >= 11 is 0. The first kappa shape index (κ1) is 17.8. The van der Waals surface area contributed by atoms with Crippen molar-refractivity contribution in [1.82, 2.24) is 19.9 Å². The highest BCUT2D eigenvalue weighted by molar-refractivity contribution is 5.88. The fraction of sp³-hybridized carbons (Fsp3) is 0.368. The summed E-state index contributed by atoms with van der Waals surface area (Å²) in [7, 11) is 4.03. The fourth-order valence-electron chi connectivity index (χ4n) is 3.83. The third-order valence-corrected chi connectivity index (χ3v) is 5.17. The molecule has 1 aliphatic rings. The van der Waals surface area contributed by atoms with Crippen LogP contribution < -0.4 is 5.32 Å². The highest BCUT2D eigenvalue weighted by Crippen LogP contribution is 2.37. The predicted octanol–water partition coefficient (Wildman–Crippen LogP) is 4.01. The number of hydrogen-bond donors (Lipinski definition) is 2. The largest absolute Gasteiger partial charge is 0.431 e. The maximum absolute atomic E-state index is 13.1. The number of aromatic nitrogens is 3. The number of halogens is 3. The average molecular weight is 375 g/mol. The summed E-state index contributed by atoms with van der Waals surface area (Å²) in [5.41, 5.74) is 1.75. The second kappa shape index (κ2) is 6.53. The van der Waals surface area contributed by atoms with Crippen molar-refractivity contribution in [3.8, 4) is 0 Å². The molecule has 2 N–H and O–H groups in total. The van der Waals surface area contributed by atoms with Gasteiger partial charge in [-0.05, 0) is 44.1 Å². The van der Waals surface area contributed by atoms with Crippen molar-refractivity contribution in [1.29, 1.82) is 0 Å². The van der Waals surface area contributed by atoms with Crippen molar-refractivity contribution in [2.45, 2.75) is 31.1 Å². The van der Waals surface area contributed by atoms with E-state index < -0.39 is 11.9 Å². The lowest BCUT2D eigenvalue weighted by Gasteiger charge is -2.38. The molecule has 0 saturated carbocycles. The van der Waals surface area contributed by atoms with Gasteiger partial charge in [-0.2, -0.15) is 13.2 Å². The van der Waals surface area contributed by atoms with Gasteiger partial charge in [-0.1, -0.05) is 24.3 Å². The number of nitrogens with zero attached hydrogens (tertiary/aromatic N) is 3. The average Bonchev–Trinajstić information content (AvgIpc) is 3.07. The molecule has 8 heteroatoms. The smallest absolute Gasteiger partial charge is 0.361 e. The van der Waals surface area contributed by atoms with E-state index in [1.54, 1.807) is 0 Å². The first-order chi connectivity index (χ1) is 12.8. The van der Waals surface area contributed by atoms with Crippen molar-refractivity contribution >= 4 is 16.9 Å². The second-order valence-corrected chi connectivity index (χ2v) is 7.06. The normalized spacial score (nSPS) is 20.1. The molecular weight excluding hydrogens is 355 g/mol. The lowest BCUT2D eigenvalue weighted by atomic mass is 9.83. The molecule has 0 fully saturated rings. The maximum Gasteiger partial charge on any atom is 0.431 e. The Hall–Kier alpha value is -2.61. The Labute approximate surface area is 154 Å². The van der Waals surface area contributed by atoms with E-state index in [1.807, 2.05) is 26.2 Å². The highest BCUT2D eigenvalue weighted by Gasteiger charge is 2.34. The van der Waals surface area contributed by atoms with E-state index in [0.29, 0.717) is 11.2 Å². The van der Waals surface area contributed by atoms with Gasteiger partial charge in [0.1, 0.15) is 23.5 Å². The van der Waals surface area contributed by atoms with E-state index in [-0.39, 0.29) is 17.7 Å². The molecule has 142 valence electrons. The maximum atomic E-state index is 13.1. The Morgan fingerprint density at radius 1 is 1.19 bits per heavy atom. The zero-order chi connectivity index (χ0) is 19.2. The molecule has 1 aliphatic carbocycles. The number of aromatic amines is 1. The van der Waals surface area contributed by atoms with E-state index in [9.17, 15) is 13.2 Å². The molecule has 2 heterocycles. The van der Waals surface area contributed by atoms with Gasteiger partial charge in [-0.15, -0.1) is 0 Å². The number of fused-ring (bicyclic) bond motifs is 2. The van der Waals surface area contributed by atoms with Gasteiger partial charge in [0, 0.05) is 6.04 Å². The van der Waals surface area contributed by atoms with Gasteiger partial charge < -0.3 is 15.2 Å². The summed E-state index contributed by atoms with van der Waals surface area (Å²) in [5.74, 6) is 0.403. The number of anilines is 1. The number of nitrogens with one attached hydrogen (secondary N) is 2. The van der Waals surface area contributed by atoms with Crippen molar-refractivity contribution in [3.63, 3.8) is 0 Å². The molecule has 1 aromatic carbocycles. The summed E-state index contributed by atoms with van der Waals surface area (Å²) in [6.45, 7) is 0. The molecule has 2 atom stereocenters. The molecule has 2 aromatic heterocycles. The molecule has 0 bridgehead atoms. The van der Waals surface area contributed by atoms with Crippen LogP contribution in [0.2, 0.25) is 0 Å². The predicted molar refractivity (Wildman–Crippen MR) is 97.5 cm³/mol. The number of H-pyrrole nitrogens is 1. The van der Waals surface area contributed by atoms with Gasteiger partial charge in [-0.25, -0.2) is 9.97 Å². The third kappa shape index (κ3) is 3.25. The lowest BCUT2D eigenvalue weighted by molar-refractivity contribution is -0.140. The summed E-state index contributed by atoms with van der Waals surface area (Å²) < 4.78 is 39.2. The van der Waals surface area contributed by atoms with E-state index in [1.165, 1.54) is 11.9 Å². The van der Waals surface area contributed by atoms with Crippen molar-refractivity contribution < 1.29 is 13.2 Å². The van der Waals surface area contributed by atoms with E-state index in [4.69, 9.17) is 0 Å². The Morgan fingerprint density at radius 2 is 1.96 bits per heavy atom. The van der Waals surface area contributed by atoms with Crippen LogP contribution in [0.15, 0.2) is 36.7 Å². The summed E-state index contributed by atoms with van der Waals surface area (Å²) in [6, 6.07) is 9.36. The third-order valence-electron chi connectivity index (χ3n) is 5.17. The van der Waals surface area contributed by atoms with Gasteiger partial charge >= 0.3 is 6.18 Å². The number of alkyl halides is 3. The monoisotopic (exact) mass is 375 g/mol. The molecule has 0 saturated heterocycles. The highest BCUT2D eigenvalue weighted by atomic mass is 19.4.